The monoisotopic (exact) mass is 419 g/mol. The first-order valence-corrected chi connectivity index (χ1v) is 9.85. The van der Waals surface area contributed by atoms with Crippen LogP contribution in [0.3, 0.4) is 0 Å². The summed E-state index contributed by atoms with van der Waals surface area (Å²) < 4.78 is 10.6. The Hall–Kier alpha value is -3.10. The number of nitrogens with zero attached hydrogens (tertiary/aromatic N) is 1. The van der Waals surface area contributed by atoms with E-state index in [9.17, 15) is 19.2 Å². The molecule has 1 fully saturated rings. The summed E-state index contributed by atoms with van der Waals surface area (Å²) in [5.74, 6) is -1.33. The Balaban J connectivity index is 1.91. The van der Waals surface area contributed by atoms with Crippen molar-refractivity contribution in [1.82, 2.24) is 4.90 Å². The zero-order chi connectivity index (χ0) is 22.5. The van der Waals surface area contributed by atoms with E-state index in [-0.39, 0.29) is 5.91 Å². The predicted molar refractivity (Wildman–Crippen MR) is 111 cm³/mol. The maximum atomic E-state index is 12.5. The number of ether oxygens (including phenoxy) is 2. The van der Waals surface area contributed by atoms with Crippen molar-refractivity contribution < 1.29 is 28.7 Å². The first kappa shape index (κ1) is 23.2. The quantitative estimate of drug-likeness (QED) is 0.710. The molecule has 2 N–H and O–H groups in total. The second-order valence-electron chi connectivity index (χ2n) is 8.16. The zero-order valence-electron chi connectivity index (χ0n) is 18.0. The van der Waals surface area contributed by atoms with Crippen LogP contribution in [0.2, 0.25) is 0 Å². The molecule has 1 aromatic carbocycles. The summed E-state index contributed by atoms with van der Waals surface area (Å²) >= 11 is 0. The van der Waals surface area contributed by atoms with Crippen molar-refractivity contribution >= 4 is 35.3 Å². The van der Waals surface area contributed by atoms with Crippen LogP contribution in [0.5, 0.6) is 0 Å². The van der Waals surface area contributed by atoms with Crippen molar-refractivity contribution in [3.05, 3.63) is 24.3 Å². The van der Waals surface area contributed by atoms with Gasteiger partial charge in [0, 0.05) is 24.8 Å². The second kappa shape index (κ2) is 9.60. The van der Waals surface area contributed by atoms with Gasteiger partial charge in [0.05, 0.1) is 0 Å². The Kier molecular flexibility index (Phi) is 7.42. The molecule has 0 radical (unpaired) electrons. The van der Waals surface area contributed by atoms with E-state index in [0.29, 0.717) is 30.8 Å². The number of carbonyl (C=O) groups is 4. The average molecular weight is 419 g/mol. The van der Waals surface area contributed by atoms with E-state index in [1.165, 1.54) is 18.7 Å². The lowest BCUT2D eigenvalue weighted by Gasteiger charge is -2.28. The van der Waals surface area contributed by atoms with Gasteiger partial charge in [-0.25, -0.2) is 9.59 Å². The number of amides is 3. The van der Waals surface area contributed by atoms with Gasteiger partial charge in [-0.3, -0.25) is 14.5 Å². The van der Waals surface area contributed by atoms with Gasteiger partial charge in [0.1, 0.15) is 11.6 Å². The minimum Gasteiger partial charge on any atom is -0.451 e. The summed E-state index contributed by atoms with van der Waals surface area (Å²) in [6, 6.07) is 5.76. The van der Waals surface area contributed by atoms with Gasteiger partial charge < -0.3 is 20.1 Å². The molecule has 1 saturated heterocycles. The minimum absolute atomic E-state index is 0.195. The Morgan fingerprint density at radius 2 is 1.63 bits per heavy atom. The Labute approximate surface area is 176 Å². The highest BCUT2D eigenvalue weighted by Crippen LogP contribution is 2.22. The standard InChI is InChI=1S/C21H29N3O6/c1-13(18(26)23-16-10-8-15(9-11-16)22-14(2)25)29-19(27)17-7-6-12-24(17)20(28)30-21(3,4)5/h8-11,13,17H,6-7,12H2,1-5H3,(H,22,25)(H,23,26)/t13-,17+/m1/s1. The molecule has 0 aromatic heterocycles. The molecule has 9 heteroatoms. The Bertz CT molecular complexity index is 800. The maximum Gasteiger partial charge on any atom is 0.411 e. The fourth-order valence-electron chi connectivity index (χ4n) is 2.94. The highest BCUT2D eigenvalue weighted by molar-refractivity contribution is 5.96. The minimum atomic E-state index is -1.05. The Morgan fingerprint density at radius 1 is 1.07 bits per heavy atom. The van der Waals surface area contributed by atoms with Gasteiger partial charge in [-0.05, 0) is 64.8 Å². The third-order valence-electron chi connectivity index (χ3n) is 4.29. The molecule has 2 rings (SSSR count). The molecule has 1 aromatic rings. The smallest absolute Gasteiger partial charge is 0.411 e. The molecule has 1 heterocycles. The van der Waals surface area contributed by atoms with Crippen LogP contribution in [0.1, 0.15) is 47.5 Å². The van der Waals surface area contributed by atoms with Gasteiger partial charge in [-0.2, -0.15) is 0 Å². The Morgan fingerprint density at radius 3 is 2.17 bits per heavy atom. The molecule has 30 heavy (non-hydrogen) atoms. The summed E-state index contributed by atoms with van der Waals surface area (Å²) in [7, 11) is 0. The van der Waals surface area contributed by atoms with Gasteiger partial charge in [0.25, 0.3) is 5.91 Å². The van der Waals surface area contributed by atoms with Gasteiger partial charge in [-0.1, -0.05) is 0 Å². The predicted octanol–water partition coefficient (Wildman–Crippen LogP) is 2.91. The molecule has 0 spiro atoms. The SMILES string of the molecule is CC(=O)Nc1ccc(NC(=O)[C@@H](C)OC(=O)[C@@H]2CCCN2C(=O)OC(C)(C)C)cc1. The maximum absolute atomic E-state index is 12.5. The molecule has 3 amide bonds. The largest absolute Gasteiger partial charge is 0.451 e. The van der Waals surface area contributed by atoms with E-state index in [1.54, 1.807) is 45.0 Å². The van der Waals surface area contributed by atoms with Gasteiger partial charge in [-0.15, -0.1) is 0 Å². The summed E-state index contributed by atoms with van der Waals surface area (Å²) in [6.45, 7) is 8.53. The van der Waals surface area contributed by atoms with Crippen molar-refractivity contribution in [2.24, 2.45) is 0 Å². The molecule has 0 aliphatic carbocycles. The van der Waals surface area contributed by atoms with E-state index in [0.717, 1.165) is 0 Å². The fraction of sp³-hybridized carbons (Fsp3) is 0.524. The lowest BCUT2D eigenvalue weighted by atomic mass is 10.2. The van der Waals surface area contributed by atoms with Crippen LogP contribution in [0.15, 0.2) is 24.3 Å². The summed E-state index contributed by atoms with van der Waals surface area (Å²) in [6.07, 6.45) is -0.510. The summed E-state index contributed by atoms with van der Waals surface area (Å²) in [5, 5.41) is 5.28. The van der Waals surface area contributed by atoms with Gasteiger partial charge in [0.15, 0.2) is 6.10 Å². The van der Waals surface area contributed by atoms with E-state index < -0.39 is 35.7 Å². The molecule has 9 nitrogen and oxygen atoms in total. The lowest BCUT2D eigenvalue weighted by molar-refractivity contribution is -0.157. The molecule has 0 unspecified atom stereocenters. The van der Waals surface area contributed by atoms with E-state index in [2.05, 4.69) is 10.6 Å². The average Bonchev–Trinajstić information content (AvgIpc) is 3.11. The molecular weight excluding hydrogens is 390 g/mol. The van der Waals surface area contributed by atoms with Gasteiger partial charge in [0.2, 0.25) is 5.91 Å². The van der Waals surface area contributed by atoms with Gasteiger partial charge >= 0.3 is 12.1 Å². The highest BCUT2D eigenvalue weighted by atomic mass is 16.6. The van der Waals surface area contributed by atoms with Crippen molar-refractivity contribution in [1.29, 1.82) is 0 Å². The topological polar surface area (TPSA) is 114 Å². The zero-order valence-corrected chi connectivity index (χ0v) is 18.0. The number of carbonyl (C=O) groups excluding carboxylic acids is 4. The number of hydrogen-bond donors (Lipinski definition) is 2. The summed E-state index contributed by atoms with van der Waals surface area (Å²) in [4.78, 5) is 49.6. The number of nitrogens with one attached hydrogen (secondary N) is 2. The highest BCUT2D eigenvalue weighted by Gasteiger charge is 2.38. The van der Waals surface area contributed by atoms with E-state index in [1.807, 2.05) is 0 Å². The van der Waals surface area contributed by atoms with Crippen LogP contribution in [0.4, 0.5) is 16.2 Å². The van der Waals surface area contributed by atoms with Crippen LogP contribution >= 0.6 is 0 Å². The number of likely N-dealkylation sites (tertiary alicyclic amines) is 1. The number of anilines is 2. The van der Waals surface area contributed by atoms with E-state index >= 15 is 0 Å². The van der Waals surface area contributed by atoms with Crippen molar-refractivity contribution in [3.8, 4) is 0 Å². The van der Waals surface area contributed by atoms with Crippen molar-refractivity contribution in [3.63, 3.8) is 0 Å². The molecule has 0 saturated carbocycles. The van der Waals surface area contributed by atoms with Crippen LogP contribution in [-0.2, 0) is 23.9 Å². The fourth-order valence-corrected chi connectivity index (χ4v) is 2.94. The summed E-state index contributed by atoms with van der Waals surface area (Å²) in [5.41, 5.74) is 0.424. The second-order valence-corrected chi connectivity index (χ2v) is 8.16. The molecule has 2 atom stereocenters. The third kappa shape index (κ3) is 6.75. The lowest BCUT2D eigenvalue weighted by Crippen LogP contribution is -2.45. The molecule has 0 bridgehead atoms. The molecule has 1 aliphatic heterocycles. The number of hydrogen-bond acceptors (Lipinski definition) is 6. The molecular formula is C21H29N3O6. The molecule has 164 valence electrons. The number of benzene rings is 1. The normalized spacial score (nSPS) is 17.1. The van der Waals surface area contributed by atoms with E-state index in [4.69, 9.17) is 9.47 Å². The van der Waals surface area contributed by atoms with Crippen LogP contribution < -0.4 is 10.6 Å². The third-order valence-corrected chi connectivity index (χ3v) is 4.29. The van der Waals surface area contributed by atoms with Crippen LogP contribution in [0.25, 0.3) is 0 Å². The first-order valence-electron chi connectivity index (χ1n) is 9.85. The molecule has 1 aliphatic rings. The van der Waals surface area contributed by atoms with Crippen LogP contribution in [0, 0.1) is 0 Å². The van der Waals surface area contributed by atoms with Crippen LogP contribution in [-0.4, -0.2) is 53.1 Å². The van der Waals surface area contributed by atoms with Crippen molar-refractivity contribution in [2.45, 2.75) is 65.2 Å². The number of esters is 1. The van der Waals surface area contributed by atoms with Crippen molar-refractivity contribution in [2.75, 3.05) is 17.2 Å². The first-order chi connectivity index (χ1) is 14.0. The number of rotatable bonds is 5.